The second kappa shape index (κ2) is 9.34. The molecule has 0 spiro atoms. The minimum atomic E-state index is -0.480. The fourth-order valence-electron chi connectivity index (χ4n) is 3.85. The zero-order valence-electron chi connectivity index (χ0n) is 17.8. The van der Waals surface area contributed by atoms with Crippen LogP contribution in [0.25, 0.3) is 10.9 Å². The number of aromatic nitrogens is 2. The minimum absolute atomic E-state index is 0.00413. The first-order valence-electron chi connectivity index (χ1n) is 10.5. The Hall–Kier alpha value is -3.13. The van der Waals surface area contributed by atoms with Crippen LogP contribution < -0.4 is 14.8 Å². The van der Waals surface area contributed by atoms with E-state index in [0.717, 1.165) is 13.0 Å². The van der Waals surface area contributed by atoms with Gasteiger partial charge in [0.25, 0.3) is 0 Å². The Bertz CT molecular complexity index is 1070. The maximum atomic E-state index is 14.3. The molecule has 164 valence electrons. The molecule has 1 aliphatic heterocycles. The molecule has 0 unspecified atom stereocenters. The van der Waals surface area contributed by atoms with E-state index in [2.05, 4.69) is 20.2 Å². The number of phenols is 1. The molecule has 0 aliphatic carbocycles. The highest BCUT2D eigenvalue weighted by molar-refractivity contribution is 5.93. The monoisotopic (exact) mass is 426 g/mol. The molecule has 1 saturated heterocycles. The van der Waals surface area contributed by atoms with Gasteiger partial charge >= 0.3 is 0 Å². The van der Waals surface area contributed by atoms with Crippen molar-refractivity contribution >= 4 is 22.4 Å². The fourth-order valence-corrected chi connectivity index (χ4v) is 3.85. The number of methoxy groups -OCH3 is 1. The van der Waals surface area contributed by atoms with Gasteiger partial charge in [0.05, 0.1) is 24.9 Å². The molecule has 1 fully saturated rings. The van der Waals surface area contributed by atoms with Crippen LogP contribution in [0.3, 0.4) is 0 Å². The Morgan fingerprint density at radius 1 is 1.16 bits per heavy atom. The number of nitrogens with one attached hydrogen (secondary N) is 1. The first kappa shape index (κ1) is 21.1. The second-order valence-corrected chi connectivity index (χ2v) is 7.68. The van der Waals surface area contributed by atoms with E-state index in [1.807, 2.05) is 6.07 Å². The highest BCUT2D eigenvalue weighted by Crippen LogP contribution is 2.36. The number of nitrogens with zero attached hydrogens (tertiary/aromatic N) is 3. The highest BCUT2D eigenvalue weighted by Gasteiger charge is 2.16. The summed E-state index contributed by atoms with van der Waals surface area (Å²) in [6.45, 7) is 5.60. The van der Waals surface area contributed by atoms with Crippen molar-refractivity contribution in [3.63, 3.8) is 0 Å². The molecule has 0 amide bonds. The van der Waals surface area contributed by atoms with Gasteiger partial charge in [0.2, 0.25) is 0 Å². The SMILES string of the molecule is COc1cc2c(Nc3c(F)ccc(O)c3C)ncnc2cc1OCCCN1CCCC1. The summed E-state index contributed by atoms with van der Waals surface area (Å²) in [5.41, 5.74) is 1.21. The van der Waals surface area contributed by atoms with Gasteiger partial charge < -0.3 is 24.8 Å². The number of anilines is 2. The number of ether oxygens (including phenoxy) is 2. The molecular formula is C23H27FN4O3. The third kappa shape index (κ3) is 4.64. The van der Waals surface area contributed by atoms with Gasteiger partial charge in [0, 0.05) is 23.6 Å². The van der Waals surface area contributed by atoms with Crippen LogP contribution in [-0.4, -0.2) is 53.3 Å². The van der Waals surface area contributed by atoms with Crippen molar-refractivity contribution in [2.24, 2.45) is 0 Å². The largest absolute Gasteiger partial charge is 0.508 e. The summed E-state index contributed by atoms with van der Waals surface area (Å²) in [5, 5.41) is 13.6. The predicted octanol–water partition coefficient (Wildman–Crippen LogP) is 4.40. The van der Waals surface area contributed by atoms with Gasteiger partial charge in [-0.25, -0.2) is 14.4 Å². The van der Waals surface area contributed by atoms with Gasteiger partial charge in [-0.3, -0.25) is 0 Å². The smallest absolute Gasteiger partial charge is 0.163 e. The molecule has 0 bridgehead atoms. The predicted molar refractivity (Wildman–Crippen MR) is 118 cm³/mol. The summed E-state index contributed by atoms with van der Waals surface area (Å²) in [6, 6.07) is 6.12. The quantitative estimate of drug-likeness (QED) is 0.517. The van der Waals surface area contributed by atoms with Crippen LogP contribution in [0.5, 0.6) is 17.2 Å². The number of fused-ring (bicyclic) bond motifs is 1. The van der Waals surface area contributed by atoms with Gasteiger partial charge in [0.15, 0.2) is 11.5 Å². The molecular weight excluding hydrogens is 399 g/mol. The second-order valence-electron chi connectivity index (χ2n) is 7.68. The van der Waals surface area contributed by atoms with E-state index in [0.29, 0.717) is 40.4 Å². The van der Waals surface area contributed by atoms with Crippen LogP contribution in [0, 0.1) is 12.7 Å². The van der Waals surface area contributed by atoms with Gasteiger partial charge in [-0.05, 0) is 57.5 Å². The number of phenolic OH excluding ortho intramolecular Hbond substituents is 1. The average molecular weight is 426 g/mol. The molecule has 8 heteroatoms. The maximum absolute atomic E-state index is 14.3. The Balaban J connectivity index is 1.56. The lowest BCUT2D eigenvalue weighted by molar-refractivity contribution is 0.254. The third-order valence-corrected chi connectivity index (χ3v) is 5.62. The van der Waals surface area contributed by atoms with Gasteiger partial charge in [0.1, 0.15) is 23.7 Å². The number of likely N-dealkylation sites (tertiary alicyclic amines) is 1. The molecule has 7 nitrogen and oxygen atoms in total. The van der Waals surface area contributed by atoms with Crippen LogP contribution >= 0.6 is 0 Å². The number of halogens is 1. The lowest BCUT2D eigenvalue weighted by atomic mass is 10.1. The summed E-state index contributed by atoms with van der Waals surface area (Å²) in [6.07, 6.45) is 4.90. The van der Waals surface area contributed by atoms with Crippen LogP contribution in [0.15, 0.2) is 30.6 Å². The van der Waals surface area contributed by atoms with E-state index in [1.165, 1.54) is 44.4 Å². The molecule has 1 aliphatic rings. The first-order chi connectivity index (χ1) is 15.1. The van der Waals surface area contributed by atoms with E-state index in [4.69, 9.17) is 9.47 Å². The van der Waals surface area contributed by atoms with Crippen molar-refractivity contribution in [3.05, 3.63) is 42.0 Å². The van der Waals surface area contributed by atoms with E-state index in [9.17, 15) is 9.50 Å². The van der Waals surface area contributed by atoms with E-state index < -0.39 is 5.82 Å². The molecule has 2 N–H and O–H groups in total. The van der Waals surface area contributed by atoms with Crippen molar-refractivity contribution in [3.8, 4) is 17.2 Å². The van der Waals surface area contributed by atoms with Crippen LogP contribution in [0.2, 0.25) is 0 Å². The normalized spacial score (nSPS) is 14.2. The van der Waals surface area contributed by atoms with Crippen LogP contribution in [-0.2, 0) is 0 Å². The number of hydrogen-bond acceptors (Lipinski definition) is 7. The fraction of sp³-hybridized carbons (Fsp3) is 0.391. The Morgan fingerprint density at radius 3 is 2.74 bits per heavy atom. The van der Waals surface area contributed by atoms with Gasteiger partial charge in [-0.2, -0.15) is 0 Å². The summed E-state index contributed by atoms with van der Waals surface area (Å²) in [5.74, 6) is 1.10. The molecule has 4 rings (SSSR count). The van der Waals surface area contributed by atoms with Gasteiger partial charge in [-0.1, -0.05) is 0 Å². The number of hydrogen-bond donors (Lipinski definition) is 2. The van der Waals surface area contributed by atoms with Crippen molar-refractivity contribution in [2.75, 3.05) is 38.7 Å². The van der Waals surface area contributed by atoms with E-state index >= 15 is 0 Å². The zero-order chi connectivity index (χ0) is 21.8. The summed E-state index contributed by atoms with van der Waals surface area (Å²) < 4.78 is 25.9. The minimum Gasteiger partial charge on any atom is -0.508 e. The molecule has 31 heavy (non-hydrogen) atoms. The van der Waals surface area contributed by atoms with Gasteiger partial charge in [-0.15, -0.1) is 0 Å². The maximum Gasteiger partial charge on any atom is 0.163 e. The molecule has 0 radical (unpaired) electrons. The molecule has 0 atom stereocenters. The van der Waals surface area contributed by atoms with Crippen LogP contribution in [0.1, 0.15) is 24.8 Å². The summed E-state index contributed by atoms with van der Waals surface area (Å²) >= 11 is 0. The summed E-state index contributed by atoms with van der Waals surface area (Å²) in [4.78, 5) is 11.1. The van der Waals surface area contributed by atoms with Crippen molar-refractivity contribution in [2.45, 2.75) is 26.2 Å². The molecule has 2 heterocycles. The Labute approximate surface area is 180 Å². The molecule has 1 aromatic heterocycles. The Kier molecular flexibility index (Phi) is 6.36. The first-order valence-corrected chi connectivity index (χ1v) is 10.5. The average Bonchev–Trinajstić information content (AvgIpc) is 3.30. The number of rotatable bonds is 8. The van der Waals surface area contributed by atoms with Crippen molar-refractivity contribution in [1.29, 1.82) is 0 Å². The number of benzene rings is 2. The molecule has 0 saturated carbocycles. The van der Waals surface area contributed by atoms with Crippen molar-refractivity contribution in [1.82, 2.24) is 14.9 Å². The third-order valence-electron chi connectivity index (χ3n) is 5.62. The zero-order valence-corrected chi connectivity index (χ0v) is 17.8. The Morgan fingerprint density at radius 2 is 1.97 bits per heavy atom. The topological polar surface area (TPSA) is 79.7 Å². The standard InChI is InChI=1S/C23H27FN4O3/c1-15-19(29)7-6-17(24)22(15)27-23-16-12-20(30-2)21(13-18(16)25-14-26-23)31-11-5-10-28-8-3-4-9-28/h6-7,12-14,29H,3-5,8-11H2,1-2H3,(H,25,26,27). The van der Waals surface area contributed by atoms with E-state index in [1.54, 1.807) is 20.1 Å². The highest BCUT2D eigenvalue weighted by atomic mass is 19.1. The molecule has 3 aromatic rings. The van der Waals surface area contributed by atoms with Crippen molar-refractivity contribution < 1.29 is 19.0 Å². The molecule has 2 aromatic carbocycles. The lowest BCUT2D eigenvalue weighted by Crippen LogP contribution is -2.21. The van der Waals surface area contributed by atoms with E-state index in [-0.39, 0.29) is 11.4 Å². The number of aromatic hydroxyl groups is 1. The lowest BCUT2D eigenvalue weighted by Gasteiger charge is -2.16. The van der Waals surface area contributed by atoms with Crippen LogP contribution in [0.4, 0.5) is 15.9 Å². The summed E-state index contributed by atoms with van der Waals surface area (Å²) in [7, 11) is 1.58.